The molecule has 2 rings (SSSR count). The van der Waals surface area contributed by atoms with Crippen LogP contribution >= 0.6 is 0 Å². The Balaban J connectivity index is 0.000000244. The first kappa shape index (κ1) is 15.3. The van der Waals surface area contributed by atoms with E-state index >= 15 is 0 Å². The van der Waals surface area contributed by atoms with Crippen LogP contribution in [0.25, 0.3) is 0 Å². The second kappa shape index (κ2) is 10.8. The lowest BCUT2D eigenvalue weighted by molar-refractivity contribution is -0.176. The molecular weight excluding hydrogens is 208 g/mol. The monoisotopic (exact) mass is 230 g/mol. The molecule has 0 saturated heterocycles. The van der Waals surface area contributed by atoms with E-state index in [9.17, 15) is 9.59 Å². The van der Waals surface area contributed by atoms with Gasteiger partial charge in [-0.3, -0.25) is 20.1 Å². The summed E-state index contributed by atoms with van der Waals surface area (Å²) in [5.74, 6) is 0.928. The van der Waals surface area contributed by atoms with Crippen LogP contribution in [0, 0.1) is 0 Å². The highest BCUT2D eigenvalue weighted by Crippen LogP contribution is 2.12. The van der Waals surface area contributed by atoms with Crippen molar-refractivity contribution in [2.24, 2.45) is 0 Å². The van der Waals surface area contributed by atoms with Gasteiger partial charge >= 0.3 is 0 Å². The maximum absolute atomic E-state index is 10.5. The Hall–Kier alpha value is -0.740. The van der Waals surface area contributed by atoms with E-state index in [1.165, 1.54) is 12.8 Å². The summed E-state index contributed by atoms with van der Waals surface area (Å²) in [6.45, 7) is 0. The Morgan fingerprint density at radius 2 is 0.812 bits per heavy atom. The van der Waals surface area contributed by atoms with E-state index < -0.39 is 0 Å². The molecule has 0 aromatic heterocycles. The minimum Gasteiger partial charge on any atom is -0.300 e. The number of rotatable bonds is 0. The first-order valence-corrected chi connectivity index (χ1v) is 6.02. The molecule has 0 atom stereocenters. The van der Waals surface area contributed by atoms with Crippen LogP contribution in [-0.2, 0) is 9.59 Å². The molecule has 2 N–H and O–H groups in total. The van der Waals surface area contributed by atoms with Gasteiger partial charge in [0.25, 0.3) is 0 Å². The van der Waals surface area contributed by atoms with Crippen molar-refractivity contribution in [2.45, 2.75) is 64.2 Å². The highest BCUT2D eigenvalue weighted by atomic mass is 17.0. The lowest BCUT2D eigenvalue weighted by atomic mass is 10.00. The summed E-state index contributed by atoms with van der Waals surface area (Å²) >= 11 is 0. The lowest BCUT2D eigenvalue weighted by Crippen LogP contribution is -2.02. The van der Waals surface area contributed by atoms with Gasteiger partial charge in [0, 0.05) is 25.7 Å². The van der Waals surface area contributed by atoms with E-state index in [1.807, 2.05) is 0 Å². The lowest BCUT2D eigenvalue weighted by Gasteiger charge is -2.05. The quantitative estimate of drug-likeness (QED) is 0.495. The molecule has 0 aliphatic heterocycles. The highest BCUT2D eigenvalue weighted by Gasteiger charge is 2.06. The molecule has 0 aromatic rings. The third kappa shape index (κ3) is 8.56. The van der Waals surface area contributed by atoms with Gasteiger partial charge in [0.15, 0.2) is 0 Å². The van der Waals surface area contributed by atoms with E-state index in [-0.39, 0.29) is 0 Å². The Labute approximate surface area is 96.6 Å². The normalized spacial score (nSPS) is 20.1. The van der Waals surface area contributed by atoms with Crippen LogP contribution < -0.4 is 0 Å². The molecule has 0 amide bonds. The fourth-order valence-electron chi connectivity index (χ4n) is 1.89. The van der Waals surface area contributed by atoms with Crippen LogP contribution in [0.4, 0.5) is 0 Å². The van der Waals surface area contributed by atoms with Crippen molar-refractivity contribution in [3.05, 3.63) is 0 Å². The van der Waals surface area contributed by atoms with Gasteiger partial charge in [-0.2, -0.15) is 0 Å². The Kier molecular flexibility index (Phi) is 10.3. The molecule has 2 aliphatic carbocycles. The van der Waals surface area contributed by atoms with E-state index in [2.05, 4.69) is 0 Å². The average Bonchev–Trinajstić information content (AvgIpc) is 2.34. The van der Waals surface area contributed by atoms with Gasteiger partial charge in [-0.25, -0.2) is 0 Å². The molecule has 94 valence electrons. The van der Waals surface area contributed by atoms with Crippen LogP contribution in [0.1, 0.15) is 64.2 Å². The standard InChI is InChI=1S/2C6H10O.H2O2/c2*7-6-4-2-1-3-5-6;1-2/h2*1-5H2;1-2H. The highest BCUT2D eigenvalue weighted by molar-refractivity contribution is 5.79. The van der Waals surface area contributed by atoms with Crippen molar-refractivity contribution in [1.82, 2.24) is 0 Å². The maximum atomic E-state index is 10.5. The van der Waals surface area contributed by atoms with Crippen LogP contribution in [0.5, 0.6) is 0 Å². The minimum atomic E-state index is 0.464. The second-order valence-electron chi connectivity index (χ2n) is 4.20. The summed E-state index contributed by atoms with van der Waals surface area (Å²) in [6, 6.07) is 0. The van der Waals surface area contributed by atoms with Gasteiger partial charge in [-0.1, -0.05) is 12.8 Å². The largest absolute Gasteiger partial charge is 0.300 e. The number of ketones is 2. The molecule has 2 saturated carbocycles. The van der Waals surface area contributed by atoms with Crippen molar-refractivity contribution >= 4 is 11.6 Å². The van der Waals surface area contributed by atoms with Crippen molar-refractivity contribution in [2.75, 3.05) is 0 Å². The molecule has 0 bridgehead atoms. The van der Waals surface area contributed by atoms with Crippen LogP contribution in [0.2, 0.25) is 0 Å². The molecule has 0 radical (unpaired) electrons. The van der Waals surface area contributed by atoms with Gasteiger partial charge in [0.05, 0.1) is 0 Å². The number of Topliss-reactive ketones (excluding diaryl/α,β-unsaturated/α-hetero) is 2. The molecule has 0 unspecified atom stereocenters. The zero-order valence-electron chi connectivity index (χ0n) is 9.78. The number of carbonyl (C=O) groups excluding carboxylic acids is 2. The summed E-state index contributed by atoms with van der Waals surface area (Å²) in [5, 5.41) is 12.0. The third-order valence-electron chi connectivity index (χ3n) is 2.82. The maximum Gasteiger partial charge on any atom is 0.132 e. The molecule has 0 heterocycles. The topological polar surface area (TPSA) is 74.6 Å². The molecule has 2 fully saturated rings. The van der Waals surface area contributed by atoms with E-state index in [1.54, 1.807) is 0 Å². The molecule has 2 aliphatic rings. The Morgan fingerprint density at radius 1 is 0.562 bits per heavy atom. The van der Waals surface area contributed by atoms with Crippen LogP contribution in [0.3, 0.4) is 0 Å². The van der Waals surface area contributed by atoms with E-state index in [0.717, 1.165) is 51.4 Å². The smallest absolute Gasteiger partial charge is 0.132 e. The summed E-state index contributed by atoms with van der Waals surface area (Å²) in [7, 11) is 0. The fraction of sp³-hybridized carbons (Fsp3) is 0.833. The third-order valence-corrected chi connectivity index (χ3v) is 2.82. The summed E-state index contributed by atoms with van der Waals surface area (Å²) in [5.41, 5.74) is 0. The predicted octanol–water partition coefficient (Wildman–Crippen LogP) is 3.06. The second-order valence-corrected chi connectivity index (χ2v) is 4.20. The number of carbonyl (C=O) groups is 2. The van der Waals surface area contributed by atoms with Crippen LogP contribution in [0.15, 0.2) is 0 Å². The van der Waals surface area contributed by atoms with Crippen molar-refractivity contribution in [3.8, 4) is 0 Å². The zero-order valence-corrected chi connectivity index (χ0v) is 9.78. The van der Waals surface area contributed by atoms with Gasteiger partial charge in [0.2, 0.25) is 0 Å². The fourth-order valence-corrected chi connectivity index (χ4v) is 1.89. The van der Waals surface area contributed by atoms with E-state index in [0.29, 0.717) is 11.6 Å². The van der Waals surface area contributed by atoms with Gasteiger partial charge in [-0.05, 0) is 25.7 Å². The van der Waals surface area contributed by atoms with E-state index in [4.69, 9.17) is 10.5 Å². The van der Waals surface area contributed by atoms with Gasteiger partial charge in [-0.15, -0.1) is 0 Å². The molecule has 16 heavy (non-hydrogen) atoms. The first-order valence-electron chi connectivity index (χ1n) is 6.02. The number of hydrogen-bond donors (Lipinski definition) is 2. The molecule has 4 heteroatoms. The summed E-state index contributed by atoms with van der Waals surface area (Å²) < 4.78 is 0. The van der Waals surface area contributed by atoms with Crippen molar-refractivity contribution in [1.29, 1.82) is 0 Å². The Bertz CT molecular complexity index is 163. The molecule has 4 nitrogen and oxygen atoms in total. The van der Waals surface area contributed by atoms with Gasteiger partial charge < -0.3 is 0 Å². The number of hydrogen-bond acceptors (Lipinski definition) is 4. The SMILES string of the molecule is O=C1CCCCC1.O=C1CCCCC1.OO. The zero-order chi connectivity index (χ0) is 12.2. The molecular formula is C12H22O4. The van der Waals surface area contributed by atoms with Crippen LogP contribution in [-0.4, -0.2) is 22.1 Å². The Morgan fingerprint density at radius 3 is 0.938 bits per heavy atom. The molecule has 0 aromatic carbocycles. The van der Waals surface area contributed by atoms with Gasteiger partial charge in [0.1, 0.15) is 11.6 Å². The first-order chi connectivity index (χ1) is 7.79. The summed E-state index contributed by atoms with van der Waals surface area (Å²) in [6.07, 6.45) is 10.5. The van der Waals surface area contributed by atoms with Crippen molar-refractivity contribution < 1.29 is 20.1 Å². The summed E-state index contributed by atoms with van der Waals surface area (Å²) in [4.78, 5) is 20.9. The average molecular weight is 230 g/mol. The minimum absolute atomic E-state index is 0.464. The molecule has 0 spiro atoms. The predicted molar refractivity (Wildman–Crippen MR) is 61.4 cm³/mol. The van der Waals surface area contributed by atoms with Crippen molar-refractivity contribution in [3.63, 3.8) is 0 Å².